The fourth-order valence-electron chi connectivity index (χ4n) is 3.57. The van der Waals surface area contributed by atoms with Crippen LogP contribution in [0.1, 0.15) is 46.4 Å². The maximum Gasteiger partial charge on any atom is 0.303 e. The lowest BCUT2D eigenvalue weighted by Gasteiger charge is -2.26. The van der Waals surface area contributed by atoms with Gasteiger partial charge in [-0.05, 0) is 37.1 Å². The molecule has 0 spiro atoms. The molecule has 1 aliphatic rings. The average molecular weight is 427 g/mol. The van der Waals surface area contributed by atoms with Gasteiger partial charge in [0.05, 0.1) is 12.1 Å². The van der Waals surface area contributed by atoms with Gasteiger partial charge in [0.25, 0.3) is 11.8 Å². The Morgan fingerprint density at radius 1 is 0.867 bits per heavy atom. The van der Waals surface area contributed by atoms with Crippen LogP contribution in [0.3, 0.4) is 0 Å². The first-order valence-electron chi connectivity index (χ1n) is 10.1. The van der Waals surface area contributed by atoms with Crippen LogP contribution in [0, 0.1) is 0 Å². The molecule has 3 atom stereocenters. The zero-order valence-corrected chi connectivity index (χ0v) is 17.4. The first-order chi connectivity index (χ1) is 14.5. The van der Waals surface area contributed by atoms with Crippen molar-refractivity contribution in [2.24, 2.45) is 0 Å². The number of nitrogens with one attached hydrogen (secondary N) is 2. The maximum atomic E-state index is 12.8. The van der Waals surface area contributed by atoms with Crippen LogP contribution in [0.5, 0.6) is 0 Å². The predicted molar refractivity (Wildman–Crippen MR) is 118 cm³/mol. The first kappa shape index (κ1) is 21.9. The highest BCUT2D eigenvalue weighted by molar-refractivity contribution is 8.00. The number of carboxylic acids is 1. The number of thioether (sulfide) groups is 1. The van der Waals surface area contributed by atoms with Crippen LogP contribution in [0.25, 0.3) is 0 Å². The Morgan fingerprint density at radius 2 is 1.43 bits per heavy atom. The number of hydrogen-bond acceptors (Lipinski definition) is 4. The van der Waals surface area contributed by atoms with Crippen molar-refractivity contribution in [2.45, 2.75) is 43.0 Å². The van der Waals surface area contributed by atoms with E-state index in [4.69, 9.17) is 5.11 Å². The van der Waals surface area contributed by atoms with Crippen molar-refractivity contribution in [1.29, 1.82) is 0 Å². The summed E-state index contributed by atoms with van der Waals surface area (Å²) in [7, 11) is 0. The molecule has 0 bridgehead atoms. The minimum atomic E-state index is -0.795. The average Bonchev–Trinajstić information content (AvgIpc) is 3.13. The van der Waals surface area contributed by atoms with Gasteiger partial charge in [0, 0.05) is 28.6 Å². The fraction of sp³-hybridized carbons (Fsp3) is 0.348. The molecule has 158 valence electrons. The molecule has 2 amide bonds. The second kappa shape index (κ2) is 10.8. The van der Waals surface area contributed by atoms with Gasteiger partial charge in [-0.3, -0.25) is 14.4 Å². The van der Waals surface area contributed by atoms with E-state index in [9.17, 15) is 14.4 Å². The van der Waals surface area contributed by atoms with Gasteiger partial charge in [0.2, 0.25) is 0 Å². The summed E-state index contributed by atoms with van der Waals surface area (Å²) in [5.41, 5.74) is 1.16. The summed E-state index contributed by atoms with van der Waals surface area (Å²) >= 11 is 1.71. The third-order valence-corrected chi connectivity index (χ3v) is 6.65. The van der Waals surface area contributed by atoms with Crippen LogP contribution in [0.4, 0.5) is 0 Å². The monoisotopic (exact) mass is 426 g/mol. The van der Waals surface area contributed by atoms with Gasteiger partial charge >= 0.3 is 5.97 Å². The molecule has 0 unspecified atom stereocenters. The molecule has 1 saturated heterocycles. The standard InChI is InChI=1S/C23H26N2O4S/c26-20(27)14-8-7-13-19-21(25-23(29)17-11-5-2-6-12-17)18(15-30-19)24-22(28)16-9-3-1-4-10-16/h1-6,9-12,18-19,21H,7-8,13-15H2,(H,24,28)(H,25,29)(H,26,27)/t18-,19+,21+/m1/s1. The molecule has 3 rings (SSSR count). The van der Waals surface area contributed by atoms with Gasteiger partial charge in [-0.25, -0.2) is 0 Å². The Balaban J connectivity index is 1.67. The van der Waals surface area contributed by atoms with Crippen molar-refractivity contribution in [3.63, 3.8) is 0 Å². The van der Waals surface area contributed by atoms with Crippen molar-refractivity contribution < 1.29 is 19.5 Å². The van der Waals surface area contributed by atoms with Gasteiger partial charge in [-0.15, -0.1) is 0 Å². The summed E-state index contributed by atoms with van der Waals surface area (Å²) in [6.45, 7) is 0. The molecule has 1 fully saturated rings. The van der Waals surface area contributed by atoms with E-state index in [-0.39, 0.29) is 35.6 Å². The maximum absolute atomic E-state index is 12.8. The fourth-order valence-corrected chi connectivity index (χ4v) is 5.11. The third kappa shape index (κ3) is 6.10. The van der Waals surface area contributed by atoms with E-state index in [0.29, 0.717) is 23.3 Å². The topological polar surface area (TPSA) is 95.5 Å². The summed E-state index contributed by atoms with van der Waals surface area (Å²) in [6, 6.07) is 17.6. The molecule has 2 aromatic carbocycles. The molecular weight excluding hydrogens is 400 g/mol. The molecule has 7 heteroatoms. The van der Waals surface area contributed by atoms with Crippen molar-refractivity contribution in [3.8, 4) is 0 Å². The summed E-state index contributed by atoms with van der Waals surface area (Å²) in [4.78, 5) is 36.2. The van der Waals surface area contributed by atoms with Crippen LogP contribution >= 0.6 is 11.8 Å². The first-order valence-corrected chi connectivity index (χ1v) is 11.1. The number of benzene rings is 2. The Labute approximate surface area is 180 Å². The van der Waals surface area contributed by atoms with Gasteiger partial charge < -0.3 is 15.7 Å². The minimum absolute atomic E-state index is 0.118. The lowest BCUT2D eigenvalue weighted by molar-refractivity contribution is -0.137. The van der Waals surface area contributed by atoms with Crippen LogP contribution in [0.15, 0.2) is 60.7 Å². The summed E-state index contributed by atoms with van der Waals surface area (Å²) < 4.78 is 0. The number of unbranched alkanes of at least 4 members (excludes halogenated alkanes) is 1. The van der Waals surface area contributed by atoms with E-state index < -0.39 is 5.97 Å². The highest BCUT2D eigenvalue weighted by Crippen LogP contribution is 2.32. The molecular formula is C23H26N2O4S. The van der Waals surface area contributed by atoms with Crippen LogP contribution in [-0.4, -0.2) is 46.0 Å². The highest BCUT2D eigenvalue weighted by Gasteiger charge is 2.38. The number of carboxylic acid groups (broad SMARTS) is 1. The molecule has 30 heavy (non-hydrogen) atoms. The molecule has 1 aliphatic heterocycles. The van der Waals surface area contributed by atoms with Crippen LogP contribution in [0.2, 0.25) is 0 Å². The van der Waals surface area contributed by atoms with Gasteiger partial charge in [0.15, 0.2) is 0 Å². The Hall–Kier alpha value is -2.80. The SMILES string of the molecule is O=C(O)CCCC[C@@H]1SC[C@@H](NC(=O)c2ccccc2)[C@@H]1NC(=O)c1ccccc1. The second-order valence-electron chi connectivity index (χ2n) is 7.32. The number of amides is 2. The van der Waals surface area contributed by atoms with Crippen LogP contribution < -0.4 is 10.6 Å². The molecule has 6 nitrogen and oxygen atoms in total. The lowest BCUT2D eigenvalue weighted by Crippen LogP contribution is -2.53. The zero-order chi connectivity index (χ0) is 21.3. The molecule has 0 aromatic heterocycles. The number of aliphatic carboxylic acids is 1. The van der Waals surface area contributed by atoms with Gasteiger partial charge in [-0.2, -0.15) is 11.8 Å². The highest BCUT2D eigenvalue weighted by atomic mass is 32.2. The van der Waals surface area contributed by atoms with E-state index in [1.807, 2.05) is 36.4 Å². The Kier molecular flexibility index (Phi) is 7.90. The number of carbonyl (C=O) groups is 3. The van der Waals surface area contributed by atoms with Crippen molar-refractivity contribution >= 4 is 29.5 Å². The molecule has 0 radical (unpaired) electrons. The van der Waals surface area contributed by atoms with Crippen molar-refractivity contribution in [1.82, 2.24) is 10.6 Å². The van der Waals surface area contributed by atoms with Crippen molar-refractivity contribution in [2.75, 3.05) is 5.75 Å². The molecule has 0 aliphatic carbocycles. The molecule has 3 N–H and O–H groups in total. The van der Waals surface area contributed by atoms with E-state index in [2.05, 4.69) is 10.6 Å². The van der Waals surface area contributed by atoms with E-state index in [1.54, 1.807) is 36.0 Å². The normalized spacial score (nSPS) is 20.5. The number of rotatable bonds is 9. The summed E-state index contributed by atoms with van der Waals surface area (Å²) in [5.74, 6) is -0.428. The molecule has 2 aromatic rings. The number of carbonyl (C=O) groups excluding carboxylic acids is 2. The Morgan fingerprint density at radius 3 is 2.00 bits per heavy atom. The summed E-state index contributed by atoms with van der Waals surface area (Å²) in [6.07, 6.45) is 2.30. The van der Waals surface area contributed by atoms with E-state index >= 15 is 0 Å². The Bertz CT molecular complexity index is 860. The third-order valence-electron chi connectivity index (χ3n) is 5.14. The van der Waals surface area contributed by atoms with E-state index in [1.165, 1.54) is 0 Å². The van der Waals surface area contributed by atoms with Gasteiger partial charge in [-0.1, -0.05) is 42.8 Å². The lowest BCUT2D eigenvalue weighted by atomic mass is 10.00. The summed E-state index contributed by atoms with van der Waals surface area (Å²) in [5, 5.41) is 15.1. The zero-order valence-electron chi connectivity index (χ0n) is 16.6. The van der Waals surface area contributed by atoms with E-state index in [0.717, 1.165) is 12.8 Å². The second-order valence-corrected chi connectivity index (χ2v) is 8.59. The minimum Gasteiger partial charge on any atom is -0.481 e. The van der Waals surface area contributed by atoms with Crippen molar-refractivity contribution in [3.05, 3.63) is 71.8 Å². The molecule has 0 saturated carbocycles. The van der Waals surface area contributed by atoms with Crippen LogP contribution in [-0.2, 0) is 4.79 Å². The largest absolute Gasteiger partial charge is 0.481 e. The number of hydrogen-bond donors (Lipinski definition) is 3. The molecule has 1 heterocycles. The quantitative estimate of drug-likeness (QED) is 0.535. The predicted octanol–water partition coefficient (Wildman–Crippen LogP) is 3.34. The smallest absolute Gasteiger partial charge is 0.303 e. The van der Waals surface area contributed by atoms with Gasteiger partial charge in [0.1, 0.15) is 0 Å².